The monoisotopic (exact) mass is 444 g/mol. The highest BCUT2D eigenvalue weighted by Crippen LogP contribution is 2.35. The summed E-state index contributed by atoms with van der Waals surface area (Å²) in [5, 5.41) is 18.2. The molecule has 1 fully saturated rings. The summed E-state index contributed by atoms with van der Waals surface area (Å²) in [4.78, 5) is 12.5. The fourth-order valence-electron chi connectivity index (χ4n) is 3.35. The van der Waals surface area contributed by atoms with Gasteiger partial charge in [-0.05, 0) is 32.9 Å². The molecule has 2 heterocycles. The Morgan fingerprint density at radius 3 is 2.48 bits per heavy atom. The normalized spacial score (nSPS) is 21.9. The van der Waals surface area contributed by atoms with E-state index >= 15 is 0 Å². The van der Waals surface area contributed by atoms with E-state index < -0.39 is 47.4 Å². The molecule has 0 aliphatic carbocycles. The van der Waals surface area contributed by atoms with E-state index in [1.165, 1.54) is 6.07 Å². The van der Waals surface area contributed by atoms with Crippen molar-refractivity contribution in [3.8, 4) is 17.0 Å². The van der Waals surface area contributed by atoms with Crippen molar-refractivity contribution in [1.29, 1.82) is 0 Å². The van der Waals surface area contributed by atoms with Crippen molar-refractivity contribution in [3.05, 3.63) is 30.1 Å². The van der Waals surface area contributed by atoms with Crippen LogP contribution in [0.3, 0.4) is 0 Å². The fourth-order valence-corrected chi connectivity index (χ4v) is 3.35. The number of benzene rings is 1. The molecule has 3 atom stereocenters. The molecule has 7 nitrogen and oxygen atoms in total. The standard InChI is InChI=1S/C20H24F4N4O3/c1-10-14(9-25-17(10)29)18(30)26-16-8-15(28(27-16)20(22,23)24)11-5-12(21)7-13(6-11)31-19(2,3)4/h5-8,10,14,17,25,29H,9H2,1-4H3,(H,26,27,30)/t10-,14+,17?/m1/s1. The number of amides is 1. The maximum Gasteiger partial charge on any atom is 0.505 e. The molecule has 0 spiro atoms. The minimum Gasteiger partial charge on any atom is -0.488 e. The highest BCUT2D eigenvalue weighted by molar-refractivity contribution is 5.92. The number of carbonyl (C=O) groups excluding carboxylic acids is 1. The maximum absolute atomic E-state index is 14.1. The van der Waals surface area contributed by atoms with Crippen LogP contribution in [0, 0.1) is 17.7 Å². The van der Waals surface area contributed by atoms with Crippen LogP contribution >= 0.6 is 0 Å². The first-order chi connectivity index (χ1) is 14.2. The second-order valence-electron chi connectivity index (χ2n) is 8.49. The van der Waals surface area contributed by atoms with Crippen LogP contribution in [0.1, 0.15) is 27.7 Å². The average molecular weight is 444 g/mol. The Morgan fingerprint density at radius 2 is 1.94 bits per heavy atom. The number of halogens is 4. The third-order valence-corrected chi connectivity index (χ3v) is 4.81. The molecule has 0 bridgehead atoms. The zero-order valence-corrected chi connectivity index (χ0v) is 17.4. The first-order valence-corrected chi connectivity index (χ1v) is 9.64. The van der Waals surface area contributed by atoms with Crippen LogP contribution in [0.2, 0.25) is 0 Å². The molecule has 1 saturated heterocycles. The number of anilines is 1. The van der Waals surface area contributed by atoms with Gasteiger partial charge >= 0.3 is 6.30 Å². The number of nitrogens with zero attached hydrogens (tertiary/aromatic N) is 2. The van der Waals surface area contributed by atoms with Gasteiger partial charge in [-0.2, -0.15) is 4.68 Å². The van der Waals surface area contributed by atoms with Crippen LogP contribution in [0.15, 0.2) is 24.3 Å². The van der Waals surface area contributed by atoms with Crippen molar-refractivity contribution >= 4 is 11.7 Å². The predicted octanol–water partition coefficient (Wildman–Crippen LogP) is 3.46. The van der Waals surface area contributed by atoms with Crippen molar-refractivity contribution in [2.45, 2.75) is 45.8 Å². The molecule has 1 aliphatic rings. The van der Waals surface area contributed by atoms with Gasteiger partial charge in [-0.1, -0.05) is 6.92 Å². The molecular formula is C20H24F4N4O3. The summed E-state index contributed by atoms with van der Waals surface area (Å²) in [6.45, 7) is 7.00. The summed E-state index contributed by atoms with van der Waals surface area (Å²) in [7, 11) is 0. The fraction of sp³-hybridized carbons (Fsp3) is 0.500. The molecule has 3 N–H and O–H groups in total. The molecule has 0 saturated carbocycles. The summed E-state index contributed by atoms with van der Waals surface area (Å²) in [5.74, 6) is -2.71. The molecule has 2 aromatic rings. The van der Waals surface area contributed by atoms with E-state index in [1.54, 1.807) is 27.7 Å². The van der Waals surface area contributed by atoms with E-state index in [9.17, 15) is 27.5 Å². The van der Waals surface area contributed by atoms with Crippen LogP contribution in [-0.4, -0.2) is 39.2 Å². The number of alkyl halides is 3. The lowest BCUT2D eigenvalue weighted by Crippen LogP contribution is -2.29. The first-order valence-electron chi connectivity index (χ1n) is 9.64. The quantitative estimate of drug-likeness (QED) is 0.629. The van der Waals surface area contributed by atoms with Gasteiger partial charge < -0.3 is 15.2 Å². The second kappa shape index (κ2) is 8.12. The van der Waals surface area contributed by atoms with Gasteiger partial charge in [0.1, 0.15) is 23.4 Å². The Hall–Kier alpha value is -2.66. The average Bonchev–Trinajstić information content (AvgIpc) is 3.17. The minimum absolute atomic E-state index is 0.0582. The van der Waals surface area contributed by atoms with Gasteiger partial charge in [0.25, 0.3) is 0 Å². The number of hydrogen-bond donors (Lipinski definition) is 3. The lowest BCUT2D eigenvalue weighted by Gasteiger charge is -2.22. The van der Waals surface area contributed by atoms with Gasteiger partial charge in [-0.25, -0.2) is 4.39 Å². The van der Waals surface area contributed by atoms with E-state index in [4.69, 9.17) is 4.74 Å². The molecule has 170 valence electrons. The number of ether oxygens (including phenoxy) is 1. The van der Waals surface area contributed by atoms with Crippen molar-refractivity contribution < 1.29 is 32.2 Å². The Kier molecular flexibility index (Phi) is 6.03. The number of aromatic nitrogens is 2. The zero-order chi connectivity index (χ0) is 23.1. The SMILES string of the molecule is C[C@H]1C(O)NC[C@@H]1C(=O)Nc1cc(-c2cc(F)cc(OC(C)(C)C)c2)n(C(F)(F)F)n1. The summed E-state index contributed by atoms with van der Waals surface area (Å²) >= 11 is 0. The number of aliphatic hydroxyl groups is 1. The van der Waals surface area contributed by atoms with E-state index in [0.717, 1.165) is 18.2 Å². The molecule has 11 heteroatoms. The number of rotatable bonds is 4. The molecular weight excluding hydrogens is 420 g/mol. The van der Waals surface area contributed by atoms with Crippen molar-refractivity contribution in [2.24, 2.45) is 11.8 Å². The molecule has 1 amide bonds. The van der Waals surface area contributed by atoms with Gasteiger partial charge in [-0.15, -0.1) is 18.3 Å². The third kappa shape index (κ3) is 5.34. The van der Waals surface area contributed by atoms with Crippen molar-refractivity contribution in [3.63, 3.8) is 0 Å². The Morgan fingerprint density at radius 1 is 1.26 bits per heavy atom. The van der Waals surface area contributed by atoms with Crippen molar-refractivity contribution in [1.82, 2.24) is 15.1 Å². The topological polar surface area (TPSA) is 88.4 Å². The molecule has 0 radical (unpaired) electrons. The molecule has 1 unspecified atom stereocenters. The van der Waals surface area contributed by atoms with Crippen LogP contribution in [0.4, 0.5) is 23.4 Å². The van der Waals surface area contributed by atoms with Gasteiger partial charge in [-0.3, -0.25) is 10.1 Å². The van der Waals surface area contributed by atoms with E-state index in [1.807, 2.05) is 0 Å². The lowest BCUT2D eigenvalue weighted by molar-refractivity contribution is -0.210. The van der Waals surface area contributed by atoms with E-state index in [-0.39, 0.29) is 28.4 Å². The van der Waals surface area contributed by atoms with Gasteiger partial charge in [0.05, 0.1) is 11.6 Å². The van der Waals surface area contributed by atoms with Gasteiger partial charge in [0.2, 0.25) is 5.91 Å². The number of carbonyl (C=O) groups is 1. The maximum atomic E-state index is 14.1. The highest BCUT2D eigenvalue weighted by atomic mass is 19.4. The van der Waals surface area contributed by atoms with Crippen LogP contribution < -0.4 is 15.4 Å². The second-order valence-corrected chi connectivity index (χ2v) is 8.49. The zero-order valence-electron chi connectivity index (χ0n) is 17.4. The number of nitrogens with one attached hydrogen (secondary N) is 2. The van der Waals surface area contributed by atoms with Crippen LogP contribution in [0.25, 0.3) is 11.3 Å². The van der Waals surface area contributed by atoms with Gasteiger partial charge in [0.15, 0.2) is 5.82 Å². The largest absolute Gasteiger partial charge is 0.505 e. The molecule has 3 rings (SSSR count). The Balaban J connectivity index is 1.96. The molecule has 1 aliphatic heterocycles. The van der Waals surface area contributed by atoms with Crippen molar-refractivity contribution in [2.75, 3.05) is 11.9 Å². The molecule has 31 heavy (non-hydrogen) atoms. The Labute approximate surface area is 176 Å². The summed E-state index contributed by atoms with van der Waals surface area (Å²) in [5.41, 5.74) is -1.26. The van der Waals surface area contributed by atoms with Crippen LogP contribution in [-0.2, 0) is 11.1 Å². The smallest absolute Gasteiger partial charge is 0.488 e. The van der Waals surface area contributed by atoms with E-state index in [0.29, 0.717) is 0 Å². The summed E-state index contributed by atoms with van der Waals surface area (Å²) in [6.07, 6.45) is -5.79. The molecule has 1 aromatic heterocycles. The summed E-state index contributed by atoms with van der Waals surface area (Å²) < 4.78 is 60.2. The predicted molar refractivity (Wildman–Crippen MR) is 105 cm³/mol. The van der Waals surface area contributed by atoms with Crippen LogP contribution in [0.5, 0.6) is 5.75 Å². The highest BCUT2D eigenvalue weighted by Gasteiger charge is 2.38. The summed E-state index contributed by atoms with van der Waals surface area (Å²) in [6, 6.07) is 4.30. The number of aliphatic hydroxyl groups excluding tert-OH is 1. The molecule has 1 aromatic carbocycles. The first kappa shape index (κ1) is 23.0. The minimum atomic E-state index is -4.91. The Bertz CT molecular complexity index is 968. The van der Waals surface area contributed by atoms with E-state index in [2.05, 4.69) is 15.7 Å². The third-order valence-electron chi connectivity index (χ3n) is 4.81. The lowest BCUT2D eigenvalue weighted by atomic mass is 9.96. The van der Waals surface area contributed by atoms with Gasteiger partial charge in [0, 0.05) is 30.2 Å². The number of hydrogen-bond acceptors (Lipinski definition) is 5.